The number of hydrogen-bond acceptors (Lipinski definition) is 4. The maximum absolute atomic E-state index is 12.8. The molecule has 0 aliphatic carbocycles. The number of piperidine rings is 1. The van der Waals surface area contributed by atoms with Crippen molar-refractivity contribution in [3.05, 3.63) is 23.2 Å². The van der Waals surface area contributed by atoms with Gasteiger partial charge in [0.1, 0.15) is 17.1 Å². The van der Waals surface area contributed by atoms with Crippen LogP contribution in [0.1, 0.15) is 61.4 Å². The van der Waals surface area contributed by atoms with Crippen molar-refractivity contribution in [2.75, 3.05) is 19.6 Å². The van der Waals surface area contributed by atoms with Crippen molar-refractivity contribution in [2.45, 2.75) is 52.0 Å². The van der Waals surface area contributed by atoms with E-state index in [4.69, 9.17) is 4.42 Å². The Labute approximate surface area is 147 Å². The van der Waals surface area contributed by atoms with Gasteiger partial charge in [-0.15, -0.1) is 0 Å². The molecular formula is C18H25N3O4. The monoisotopic (exact) mass is 347 g/mol. The highest BCUT2D eigenvalue weighted by molar-refractivity contribution is 6.07. The fourth-order valence-corrected chi connectivity index (χ4v) is 3.79. The minimum Gasteiger partial charge on any atom is -0.465 e. The van der Waals surface area contributed by atoms with Crippen LogP contribution in [-0.4, -0.2) is 52.8 Å². The molecule has 1 aromatic rings. The van der Waals surface area contributed by atoms with E-state index in [1.54, 1.807) is 16.7 Å². The van der Waals surface area contributed by atoms with E-state index in [1.165, 1.54) is 0 Å². The summed E-state index contributed by atoms with van der Waals surface area (Å²) < 4.78 is 5.68. The van der Waals surface area contributed by atoms with Crippen LogP contribution in [0.5, 0.6) is 0 Å². The molecule has 0 unspecified atom stereocenters. The van der Waals surface area contributed by atoms with Gasteiger partial charge in [0, 0.05) is 25.6 Å². The zero-order valence-electron chi connectivity index (χ0n) is 15.2. The summed E-state index contributed by atoms with van der Waals surface area (Å²) >= 11 is 0. The van der Waals surface area contributed by atoms with Crippen LogP contribution in [0.15, 0.2) is 10.5 Å². The highest BCUT2D eigenvalue weighted by atomic mass is 16.3. The number of rotatable bonds is 3. The highest BCUT2D eigenvalue weighted by Crippen LogP contribution is 2.34. The summed E-state index contributed by atoms with van der Waals surface area (Å²) in [5, 5.41) is 2.41. The first kappa shape index (κ1) is 17.5. The summed E-state index contributed by atoms with van der Waals surface area (Å²) in [5.74, 6) is 1.32. The number of amides is 4. The smallest absolute Gasteiger partial charge is 0.325 e. The Morgan fingerprint density at radius 3 is 2.48 bits per heavy atom. The number of nitrogens with zero attached hydrogens (tertiary/aromatic N) is 2. The summed E-state index contributed by atoms with van der Waals surface area (Å²) in [6, 6.07) is 1.48. The molecule has 3 heterocycles. The van der Waals surface area contributed by atoms with Gasteiger partial charge in [-0.3, -0.25) is 14.9 Å². The number of nitrogens with one attached hydrogen (secondary N) is 1. The van der Waals surface area contributed by atoms with Crippen LogP contribution < -0.4 is 5.32 Å². The third kappa shape index (κ3) is 2.71. The minimum absolute atomic E-state index is 0.0734. The van der Waals surface area contributed by atoms with Crippen LogP contribution in [0, 0.1) is 6.92 Å². The van der Waals surface area contributed by atoms with Crippen LogP contribution in [0.25, 0.3) is 0 Å². The topological polar surface area (TPSA) is 82.9 Å². The number of carbonyl (C=O) groups is 3. The molecule has 136 valence electrons. The average Bonchev–Trinajstić information content (AvgIpc) is 3.06. The summed E-state index contributed by atoms with van der Waals surface area (Å²) in [6.07, 6.45) is 0.913. The van der Waals surface area contributed by atoms with E-state index < -0.39 is 5.54 Å². The molecule has 25 heavy (non-hydrogen) atoms. The zero-order chi connectivity index (χ0) is 18.4. The van der Waals surface area contributed by atoms with Crippen LogP contribution in [-0.2, 0) is 4.79 Å². The van der Waals surface area contributed by atoms with Crippen LogP contribution in [0.2, 0.25) is 0 Å². The molecule has 0 radical (unpaired) electrons. The first-order chi connectivity index (χ1) is 11.8. The van der Waals surface area contributed by atoms with Crippen LogP contribution in [0.4, 0.5) is 4.79 Å². The molecule has 0 atom stereocenters. The van der Waals surface area contributed by atoms with Gasteiger partial charge in [-0.25, -0.2) is 4.79 Å². The van der Waals surface area contributed by atoms with Gasteiger partial charge in [0.05, 0.1) is 5.56 Å². The van der Waals surface area contributed by atoms with Gasteiger partial charge in [0.25, 0.3) is 11.8 Å². The van der Waals surface area contributed by atoms with Gasteiger partial charge >= 0.3 is 6.03 Å². The predicted molar refractivity (Wildman–Crippen MR) is 91.3 cm³/mol. The number of furan rings is 1. The predicted octanol–water partition coefficient (Wildman–Crippen LogP) is 2.26. The molecule has 1 aromatic heterocycles. The molecule has 4 amide bonds. The molecule has 2 saturated heterocycles. The summed E-state index contributed by atoms with van der Waals surface area (Å²) in [5.41, 5.74) is -0.226. The Morgan fingerprint density at radius 2 is 1.96 bits per heavy atom. The Bertz CT molecular complexity index is 714. The largest absolute Gasteiger partial charge is 0.465 e. The molecule has 1 N–H and O–H groups in total. The standard InChI is InChI=1S/C18H25N3O4/c1-5-21-17(24)19-16(23)18(21)6-8-20(9-7-18)15(22)13-10-14(11(2)3)25-12(13)4/h10-11H,5-9H2,1-4H3,(H,19,23,24). The molecule has 3 rings (SSSR count). The zero-order valence-corrected chi connectivity index (χ0v) is 15.2. The summed E-state index contributed by atoms with van der Waals surface area (Å²) in [4.78, 5) is 40.4. The molecule has 0 saturated carbocycles. The molecule has 2 fully saturated rings. The Morgan fingerprint density at radius 1 is 1.32 bits per heavy atom. The molecule has 0 aromatic carbocycles. The van der Waals surface area contributed by atoms with E-state index in [-0.39, 0.29) is 23.8 Å². The lowest BCUT2D eigenvalue weighted by Gasteiger charge is -2.41. The highest BCUT2D eigenvalue weighted by Gasteiger charge is 2.53. The second-order valence-corrected chi connectivity index (χ2v) is 7.10. The fourth-order valence-electron chi connectivity index (χ4n) is 3.79. The SMILES string of the molecule is CCN1C(=O)NC(=O)C12CCN(C(=O)c1cc(C(C)C)oc1C)CC2. The van der Waals surface area contributed by atoms with Crippen molar-refractivity contribution < 1.29 is 18.8 Å². The van der Waals surface area contributed by atoms with Crippen molar-refractivity contribution in [1.29, 1.82) is 0 Å². The number of carbonyl (C=O) groups excluding carboxylic acids is 3. The number of aryl methyl sites for hydroxylation is 1. The quantitative estimate of drug-likeness (QED) is 0.850. The van der Waals surface area contributed by atoms with Crippen molar-refractivity contribution >= 4 is 17.8 Å². The third-order valence-electron chi connectivity index (χ3n) is 5.34. The van der Waals surface area contributed by atoms with Gasteiger partial charge in [0.2, 0.25) is 0 Å². The third-order valence-corrected chi connectivity index (χ3v) is 5.34. The van der Waals surface area contributed by atoms with Crippen molar-refractivity contribution in [2.24, 2.45) is 0 Å². The number of imide groups is 1. The molecule has 7 nitrogen and oxygen atoms in total. The van der Waals surface area contributed by atoms with Crippen molar-refractivity contribution in [3.8, 4) is 0 Å². The maximum Gasteiger partial charge on any atom is 0.325 e. The Kier molecular flexibility index (Phi) is 4.34. The van der Waals surface area contributed by atoms with E-state index in [2.05, 4.69) is 5.32 Å². The Balaban J connectivity index is 1.75. The second-order valence-electron chi connectivity index (χ2n) is 7.10. The molecule has 0 bridgehead atoms. The first-order valence-electron chi connectivity index (χ1n) is 8.83. The molecule has 1 spiro atoms. The second kappa shape index (κ2) is 6.20. The van der Waals surface area contributed by atoms with E-state index in [0.29, 0.717) is 43.8 Å². The minimum atomic E-state index is -0.808. The van der Waals surface area contributed by atoms with Crippen LogP contribution >= 0.6 is 0 Å². The maximum atomic E-state index is 12.8. The van der Waals surface area contributed by atoms with Gasteiger partial charge in [-0.2, -0.15) is 0 Å². The number of urea groups is 1. The lowest BCUT2D eigenvalue weighted by atomic mass is 9.86. The van der Waals surface area contributed by atoms with Crippen LogP contribution in [0.3, 0.4) is 0 Å². The Hall–Kier alpha value is -2.31. The van der Waals surface area contributed by atoms with E-state index in [0.717, 1.165) is 5.76 Å². The van der Waals surface area contributed by atoms with Gasteiger partial charge in [0.15, 0.2) is 0 Å². The number of likely N-dealkylation sites (N-methyl/N-ethyl adjacent to an activating group) is 1. The summed E-state index contributed by atoms with van der Waals surface area (Å²) in [6.45, 7) is 9.06. The number of likely N-dealkylation sites (tertiary alicyclic amines) is 1. The lowest BCUT2D eigenvalue weighted by Crippen LogP contribution is -2.57. The van der Waals surface area contributed by atoms with E-state index >= 15 is 0 Å². The van der Waals surface area contributed by atoms with Crippen molar-refractivity contribution in [3.63, 3.8) is 0 Å². The molecule has 7 heteroatoms. The normalized spacial score (nSPS) is 19.9. The lowest BCUT2D eigenvalue weighted by molar-refractivity contribution is -0.128. The van der Waals surface area contributed by atoms with Gasteiger partial charge in [-0.1, -0.05) is 13.8 Å². The van der Waals surface area contributed by atoms with Gasteiger partial charge < -0.3 is 14.2 Å². The van der Waals surface area contributed by atoms with E-state index in [1.807, 2.05) is 26.8 Å². The fraction of sp³-hybridized carbons (Fsp3) is 0.611. The molecular weight excluding hydrogens is 322 g/mol. The van der Waals surface area contributed by atoms with E-state index in [9.17, 15) is 14.4 Å². The molecule has 2 aliphatic heterocycles. The molecule has 2 aliphatic rings. The average molecular weight is 347 g/mol. The summed E-state index contributed by atoms with van der Waals surface area (Å²) in [7, 11) is 0. The first-order valence-corrected chi connectivity index (χ1v) is 8.83. The number of hydrogen-bond donors (Lipinski definition) is 1. The van der Waals surface area contributed by atoms with Crippen molar-refractivity contribution in [1.82, 2.24) is 15.1 Å². The van der Waals surface area contributed by atoms with Gasteiger partial charge in [-0.05, 0) is 32.8 Å².